The van der Waals surface area contributed by atoms with Gasteiger partial charge in [0.2, 0.25) is 0 Å². The molecule has 1 aromatic rings. The quantitative estimate of drug-likeness (QED) is 0.788. The maximum atomic E-state index is 11.5. The summed E-state index contributed by atoms with van der Waals surface area (Å²) in [5.74, 6) is -1.07. The van der Waals surface area contributed by atoms with Crippen LogP contribution in [0.25, 0.3) is 0 Å². The fraction of sp³-hybridized carbons (Fsp3) is 0.333. The van der Waals surface area contributed by atoms with Crippen LogP contribution >= 0.6 is 0 Å². The molecule has 2 aliphatic heterocycles. The SMILES string of the molecule is NC(=O)c1c2c(c(C(=O)O)c3c1OCC3)OCC2. The number of aromatic carboxylic acids is 1. The van der Waals surface area contributed by atoms with Crippen molar-refractivity contribution in [1.82, 2.24) is 0 Å². The molecule has 3 N–H and O–H groups in total. The first kappa shape index (κ1) is 10.9. The van der Waals surface area contributed by atoms with Crippen molar-refractivity contribution in [3.8, 4) is 11.5 Å². The smallest absolute Gasteiger partial charge is 0.339 e. The second kappa shape index (κ2) is 3.63. The number of carbonyl (C=O) groups excluding carboxylic acids is 1. The van der Waals surface area contributed by atoms with Gasteiger partial charge in [-0.15, -0.1) is 0 Å². The first-order chi connectivity index (χ1) is 8.61. The van der Waals surface area contributed by atoms with Crippen molar-refractivity contribution in [1.29, 1.82) is 0 Å². The van der Waals surface area contributed by atoms with E-state index in [1.165, 1.54) is 0 Å². The fourth-order valence-corrected chi connectivity index (χ4v) is 2.60. The van der Waals surface area contributed by atoms with Crippen molar-refractivity contribution >= 4 is 11.9 Å². The molecule has 6 heteroatoms. The van der Waals surface area contributed by atoms with Gasteiger partial charge in [-0.05, 0) is 0 Å². The summed E-state index contributed by atoms with van der Waals surface area (Å²) in [6.45, 7) is 0.720. The molecule has 6 nitrogen and oxygen atoms in total. The van der Waals surface area contributed by atoms with Crippen LogP contribution in [0.2, 0.25) is 0 Å². The number of fused-ring (bicyclic) bond motifs is 2. The van der Waals surface area contributed by atoms with E-state index in [4.69, 9.17) is 15.2 Å². The molecule has 0 radical (unpaired) electrons. The minimum atomic E-state index is -1.06. The van der Waals surface area contributed by atoms with E-state index >= 15 is 0 Å². The largest absolute Gasteiger partial charge is 0.492 e. The highest BCUT2D eigenvalue weighted by molar-refractivity contribution is 6.03. The maximum Gasteiger partial charge on any atom is 0.339 e. The Bertz CT molecular complexity index is 494. The van der Waals surface area contributed by atoms with E-state index in [2.05, 4.69) is 0 Å². The Labute approximate surface area is 102 Å². The molecular formula is C12H11NO5. The number of primary amides is 1. The lowest BCUT2D eigenvalue weighted by molar-refractivity contribution is 0.0691. The zero-order valence-electron chi connectivity index (χ0n) is 9.49. The van der Waals surface area contributed by atoms with E-state index in [-0.39, 0.29) is 16.9 Å². The van der Waals surface area contributed by atoms with Crippen LogP contribution in [0.3, 0.4) is 0 Å². The Kier molecular flexibility index (Phi) is 2.19. The predicted octanol–water partition coefficient (Wildman–Crippen LogP) is 0.353. The van der Waals surface area contributed by atoms with Crippen LogP contribution in [0.15, 0.2) is 0 Å². The van der Waals surface area contributed by atoms with Crippen molar-refractivity contribution in [3.63, 3.8) is 0 Å². The first-order valence-electron chi connectivity index (χ1n) is 5.61. The average molecular weight is 249 g/mol. The van der Waals surface area contributed by atoms with E-state index in [9.17, 15) is 14.7 Å². The highest BCUT2D eigenvalue weighted by atomic mass is 16.5. The van der Waals surface area contributed by atoms with E-state index in [0.717, 1.165) is 0 Å². The third-order valence-corrected chi connectivity index (χ3v) is 3.26. The van der Waals surface area contributed by atoms with E-state index in [0.29, 0.717) is 42.9 Å². The molecular weight excluding hydrogens is 238 g/mol. The third-order valence-electron chi connectivity index (χ3n) is 3.26. The van der Waals surface area contributed by atoms with E-state index in [1.807, 2.05) is 0 Å². The maximum absolute atomic E-state index is 11.5. The highest BCUT2D eigenvalue weighted by Crippen LogP contribution is 2.44. The third kappa shape index (κ3) is 1.28. The number of amides is 1. The van der Waals surface area contributed by atoms with Gasteiger partial charge in [0.05, 0.1) is 18.8 Å². The number of benzene rings is 1. The molecule has 0 unspecified atom stereocenters. The summed E-state index contributed by atoms with van der Waals surface area (Å²) in [5, 5.41) is 9.29. The van der Waals surface area contributed by atoms with Gasteiger partial charge in [0.15, 0.2) is 0 Å². The molecule has 1 aromatic carbocycles. The molecule has 0 bridgehead atoms. The number of hydrogen-bond donors (Lipinski definition) is 2. The summed E-state index contributed by atoms with van der Waals surface area (Å²) in [7, 11) is 0. The Morgan fingerprint density at radius 1 is 1.00 bits per heavy atom. The summed E-state index contributed by atoms with van der Waals surface area (Å²) < 4.78 is 10.8. The fourth-order valence-electron chi connectivity index (χ4n) is 2.60. The lowest BCUT2D eigenvalue weighted by atomic mass is 9.94. The van der Waals surface area contributed by atoms with Gasteiger partial charge in [-0.1, -0.05) is 0 Å². The Morgan fingerprint density at radius 3 is 2.00 bits per heavy atom. The van der Waals surface area contributed by atoms with Crippen molar-refractivity contribution in [2.75, 3.05) is 13.2 Å². The Morgan fingerprint density at radius 2 is 1.50 bits per heavy atom. The number of rotatable bonds is 2. The van der Waals surface area contributed by atoms with Gasteiger partial charge in [-0.3, -0.25) is 4.79 Å². The molecule has 0 saturated carbocycles. The number of carboxylic acids is 1. The van der Waals surface area contributed by atoms with Crippen LogP contribution < -0.4 is 15.2 Å². The summed E-state index contributed by atoms with van der Waals surface area (Å²) in [5.41, 5.74) is 6.82. The Hall–Kier alpha value is -2.24. The highest BCUT2D eigenvalue weighted by Gasteiger charge is 2.35. The van der Waals surface area contributed by atoms with Crippen molar-refractivity contribution in [2.45, 2.75) is 12.8 Å². The number of carboxylic acid groups (broad SMARTS) is 1. The van der Waals surface area contributed by atoms with Crippen LogP contribution in [0.4, 0.5) is 0 Å². The summed E-state index contributed by atoms with van der Waals surface area (Å²) in [4.78, 5) is 22.9. The molecule has 0 atom stereocenters. The monoisotopic (exact) mass is 249 g/mol. The van der Waals surface area contributed by atoms with Gasteiger partial charge in [-0.2, -0.15) is 0 Å². The van der Waals surface area contributed by atoms with Gasteiger partial charge in [0.25, 0.3) is 5.91 Å². The zero-order valence-corrected chi connectivity index (χ0v) is 9.49. The normalized spacial score (nSPS) is 15.6. The minimum Gasteiger partial charge on any atom is -0.492 e. The summed E-state index contributed by atoms with van der Waals surface area (Å²) >= 11 is 0. The number of hydrogen-bond acceptors (Lipinski definition) is 4. The Balaban J connectivity index is 2.39. The van der Waals surface area contributed by atoms with Crippen molar-refractivity contribution in [3.05, 3.63) is 22.3 Å². The van der Waals surface area contributed by atoms with Crippen molar-refractivity contribution in [2.24, 2.45) is 5.73 Å². The van der Waals surface area contributed by atoms with Crippen LogP contribution in [-0.2, 0) is 12.8 Å². The number of nitrogens with two attached hydrogens (primary N) is 1. The molecule has 0 aliphatic carbocycles. The van der Waals surface area contributed by atoms with Gasteiger partial charge in [0.1, 0.15) is 17.1 Å². The van der Waals surface area contributed by atoms with Gasteiger partial charge < -0.3 is 20.3 Å². The lowest BCUT2D eigenvalue weighted by Gasteiger charge is -2.13. The summed E-state index contributed by atoms with van der Waals surface area (Å²) in [6, 6.07) is 0. The van der Waals surface area contributed by atoms with Gasteiger partial charge in [0, 0.05) is 24.0 Å². The molecule has 0 spiro atoms. The molecule has 18 heavy (non-hydrogen) atoms. The molecule has 2 aliphatic rings. The first-order valence-corrected chi connectivity index (χ1v) is 5.61. The molecule has 3 rings (SSSR count). The van der Waals surface area contributed by atoms with Crippen molar-refractivity contribution < 1.29 is 24.2 Å². The molecule has 94 valence electrons. The molecule has 0 aromatic heterocycles. The zero-order chi connectivity index (χ0) is 12.9. The summed E-state index contributed by atoms with van der Waals surface area (Å²) in [6.07, 6.45) is 0.929. The second-order valence-corrected chi connectivity index (χ2v) is 4.23. The lowest BCUT2D eigenvalue weighted by Crippen LogP contribution is -2.16. The average Bonchev–Trinajstić information content (AvgIpc) is 2.91. The number of ether oxygens (including phenoxy) is 2. The van der Waals surface area contributed by atoms with E-state index < -0.39 is 11.9 Å². The van der Waals surface area contributed by atoms with Crippen LogP contribution in [-0.4, -0.2) is 30.2 Å². The molecule has 0 saturated heterocycles. The molecule has 0 fully saturated rings. The second-order valence-electron chi connectivity index (χ2n) is 4.23. The number of carbonyl (C=O) groups is 2. The minimum absolute atomic E-state index is 0.111. The topological polar surface area (TPSA) is 98.9 Å². The molecule has 1 amide bonds. The van der Waals surface area contributed by atoms with Crippen LogP contribution in [0.1, 0.15) is 31.8 Å². The van der Waals surface area contributed by atoms with Gasteiger partial charge in [-0.25, -0.2) is 4.79 Å². The van der Waals surface area contributed by atoms with Crippen LogP contribution in [0, 0.1) is 0 Å². The van der Waals surface area contributed by atoms with Gasteiger partial charge >= 0.3 is 5.97 Å². The standard InChI is InChI=1S/C12H11NO5/c13-11(14)7-5-1-3-18-10(5)8(12(15)16)6-2-4-17-9(6)7/h1-4H2,(H2,13,14)(H,15,16). The van der Waals surface area contributed by atoms with E-state index in [1.54, 1.807) is 0 Å². The predicted molar refractivity (Wildman–Crippen MR) is 60.3 cm³/mol. The molecule has 2 heterocycles. The van der Waals surface area contributed by atoms with Crippen LogP contribution in [0.5, 0.6) is 11.5 Å².